The number of rotatable bonds is 8. The summed E-state index contributed by atoms with van der Waals surface area (Å²) in [6.45, 7) is 16.6. The Morgan fingerprint density at radius 1 is 0.655 bits per heavy atom. The molecule has 2 aromatic rings. The van der Waals surface area contributed by atoms with Crippen molar-refractivity contribution in [3.05, 3.63) is 58.7 Å². The van der Waals surface area contributed by atoms with Crippen LogP contribution in [0.3, 0.4) is 0 Å². The van der Waals surface area contributed by atoms with Gasteiger partial charge in [0.1, 0.15) is 11.5 Å². The molecule has 29 heavy (non-hydrogen) atoms. The van der Waals surface area contributed by atoms with Crippen LogP contribution in [-0.4, -0.2) is 4.89 Å². The molecule has 4 nitrogen and oxygen atoms in total. The predicted octanol–water partition coefficient (Wildman–Crippen LogP) is 7.74. The van der Waals surface area contributed by atoms with Gasteiger partial charge in [0, 0.05) is 0 Å². The Hall–Kier alpha value is -1.77. The molecule has 5 heteroatoms. The van der Waals surface area contributed by atoms with Gasteiger partial charge in [0.2, 0.25) is 0 Å². The van der Waals surface area contributed by atoms with Crippen LogP contribution in [-0.2, 0) is 4.57 Å². The zero-order chi connectivity index (χ0) is 21.9. The quantitative estimate of drug-likeness (QED) is 0.446. The molecule has 0 fully saturated rings. The minimum Gasteiger partial charge on any atom is -0.395 e. The molecule has 0 radical (unpaired) electrons. The first-order valence-electron chi connectivity index (χ1n) is 10.4. The third-order valence-corrected chi connectivity index (χ3v) is 5.93. The van der Waals surface area contributed by atoms with Crippen molar-refractivity contribution in [2.24, 2.45) is 0 Å². The van der Waals surface area contributed by atoms with Gasteiger partial charge in [-0.05, 0) is 58.1 Å². The summed E-state index contributed by atoms with van der Waals surface area (Å²) in [7, 11) is -4.35. The Labute approximate surface area is 175 Å². The summed E-state index contributed by atoms with van der Waals surface area (Å²) in [5.41, 5.74) is 4.13. The van der Waals surface area contributed by atoms with Gasteiger partial charge >= 0.3 is 7.82 Å². The molecule has 0 bridgehead atoms. The van der Waals surface area contributed by atoms with Gasteiger partial charge in [-0.3, -0.25) is 4.89 Å². The molecule has 0 saturated heterocycles. The van der Waals surface area contributed by atoms with Gasteiger partial charge < -0.3 is 9.05 Å². The lowest BCUT2D eigenvalue weighted by atomic mass is 9.95. The van der Waals surface area contributed by atoms with Gasteiger partial charge in [-0.25, -0.2) is 4.57 Å². The smallest absolute Gasteiger partial charge is 0.395 e. The monoisotopic (exact) mass is 418 g/mol. The molecule has 0 aliphatic heterocycles. The molecule has 2 aromatic carbocycles. The molecule has 0 aromatic heterocycles. The number of hydrogen-bond donors (Lipinski definition) is 1. The first-order valence-corrected chi connectivity index (χ1v) is 11.9. The van der Waals surface area contributed by atoms with E-state index in [1.165, 1.54) is 11.1 Å². The van der Waals surface area contributed by atoms with Crippen molar-refractivity contribution in [1.82, 2.24) is 0 Å². The second-order valence-electron chi connectivity index (χ2n) is 8.86. The van der Waals surface area contributed by atoms with Crippen LogP contribution < -0.4 is 9.05 Å². The van der Waals surface area contributed by atoms with Crippen LogP contribution in [0.4, 0.5) is 0 Å². The van der Waals surface area contributed by atoms with Crippen LogP contribution in [0.15, 0.2) is 36.4 Å². The van der Waals surface area contributed by atoms with Crippen molar-refractivity contribution in [2.75, 3.05) is 0 Å². The molecule has 160 valence electrons. The molecular formula is C24H35O4P. The minimum absolute atomic E-state index is 0.153. The number of phosphoric ester groups is 1. The Balaban J connectivity index is 2.35. The van der Waals surface area contributed by atoms with Crippen molar-refractivity contribution in [3.63, 3.8) is 0 Å². The fourth-order valence-corrected chi connectivity index (χ4v) is 4.05. The van der Waals surface area contributed by atoms with E-state index in [0.717, 1.165) is 11.1 Å². The molecule has 0 unspecified atom stereocenters. The van der Waals surface area contributed by atoms with E-state index < -0.39 is 7.82 Å². The van der Waals surface area contributed by atoms with E-state index in [-0.39, 0.29) is 11.8 Å². The summed E-state index contributed by atoms with van der Waals surface area (Å²) in [6, 6.07) is 11.5. The lowest BCUT2D eigenvalue weighted by Crippen LogP contribution is -2.06. The van der Waals surface area contributed by atoms with Gasteiger partial charge in [0.25, 0.3) is 0 Å². The standard InChI is InChI=1S/C24H35O4P/c1-15(2)19-9-11-23(21(13-19)17(5)6)27-29(25,26)28-24-12-10-20(16(3)4)14-22(24)18(7)8/h9-18H,1-8H3,(H,25,26). The van der Waals surface area contributed by atoms with Crippen molar-refractivity contribution in [2.45, 2.75) is 79.1 Å². The second-order valence-corrected chi connectivity index (χ2v) is 10.2. The van der Waals surface area contributed by atoms with Gasteiger partial charge in [0.15, 0.2) is 0 Å². The summed E-state index contributed by atoms with van der Waals surface area (Å²) in [5, 5.41) is 0. The predicted molar refractivity (Wildman–Crippen MR) is 120 cm³/mol. The maximum Gasteiger partial charge on any atom is 0.584 e. The fourth-order valence-electron chi connectivity index (χ4n) is 3.19. The minimum atomic E-state index is -4.35. The average Bonchev–Trinajstić information content (AvgIpc) is 2.60. The van der Waals surface area contributed by atoms with Gasteiger partial charge in [0.05, 0.1) is 0 Å². The first-order chi connectivity index (χ1) is 13.4. The summed E-state index contributed by atoms with van der Waals surface area (Å²) < 4.78 is 23.9. The Bertz CT molecular complexity index is 815. The zero-order valence-corrected chi connectivity index (χ0v) is 19.8. The summed E-state index contributed by atoms with van der Waals surface area (Å²) >= 11 is 0. The van der Waals surface area contributed by atoms with Crippen LogP contribution >= 0.6 is 7.82 Å². The van der Waals surface area contributed by atoms with Gasteiger partial charge in [-0.1, -0.05) is 79.7 Å². The summed E-state index contributed by atoms with van der Waals surface area (Å²) in [6.07, 6.45) is 0. The summed E-state index contributed by atoms with van der Waals surface area (Å²) in [4.78, 5) is 10.5. The largest absolute Gasteiger partial charge is 0.584 e. The van der Waals surface area contributed by atoms with E-state index in [9.17, 15) is 9.46 Å². The third-order valence-electron chi connectivity index (χ3n) is 5.07. The second kappa shape index (κ2) is 9.36. The SMILES string of the molecule is CC(C)c1ccc(OP(=O)(O)Oc2ccc(C(C)C)cc2C(C)C)c(C(C)C)c1. The molecule has 1 N–H and O–H groups in total. The average molecular weight is 419 g/mol. The molecular weight excluding hydrogens is 383 g/mol. The fraction of sp³-hybridized carbons (Fsp3) is 0.500. The molecule has 0 atom stereocenters. The van der Waals surface area contributed by atoms with E-state index >= 15 is 0 Å². The van der Waals surface area contributed by atoms with Crippen molar-refractivity contribution in [1.29, 1.82) is 0 Å². The lowest BCUT2D eigenvalue weighted by molar-refractivity contribution is 0.288. The normalized spacial score (nSPS) is 12.3. The molecule has 0 aliphatic carbocycles. The molecule has 0 aliphatic rings. The van der Waals surface area contributed by atoms with Gasteiger partial charge in [-0.2, -0.15) is 0 Å². The highest BCUT2D eigenvalue weighted by Gasteiger charge is 2.29. The first kappa shape index (κ1) is 23.5. The molecule has 2 rings (SSSR count). The van der Waals surface area contributed by atoms with Crippen LogP contribution in [0.5, 0.6) is 11.5 Å². The number of benzene rings is 2. The Morgan fingerprint density at radius 2 is 1.00 bits per heavy atom. The number of hydrogen-bond acceptors (Lipinski definition) is 3. The van der Waals surface area contributed by atoms with Crippen molar-refractivity contribution >= 4 is 7.82 Å². The third kappa shape index (κ3) is 6.10. The van der Waals surface area contributed by atoms with E-state index in [4.69, 9.17) is 9.05 Å². The molecule has 0 spiro atoms. The van der Waals surface area contributed by atoms with E-state index in [2.05, 4.69) is 27.7 Å². The molecule has 0 heterocycles. The van der Waals surface area contributed by atoms with Crippen molar-refractivity contribution in [3.8, 4) is 11.5 Å². The van der Waals surface area contributed by atoms with Gasteiger partial charge in [-0.15, -0.1) is 0 Å². The highest BCUT2D eigenvalue weighted by molar-refractivity contribution is 7.48. The highest BCUT2D eigenvalue weighted by atomic mass is 31.2. The maximum atomic E-state index is 12.9. The van der Waals surface area contributed by atoms with E-state index in [0.29, 0.717) is 23.3 Å². The van der Waals surface area contributed by atoms with Crippen LogP contribution in [0.25, 0.3) is 0 Å². The lowest BCUT2D eigenvalue weighted by Gasteiger charge is -2.21. The Morgan fingerprint density at radius 3 is 1.28 bits per heavy atom. The maximum absolute atomic E-state index is 12.9. The van der Waals surface area contributed by atoms with Crippen LogP contribution in [0, 0.1) is 0 Å². The van der Waals surface area contributed by atoms with Crippen LogP contribution in [0.1, 0.15) is 101 Å². The zero-order valence-electron chi connectivity index (χ0n) is 18.9. The molecule has 0 amide bonds. The van der Waals surface area contributed by atoms with Crippen LogP contribution in [0.2, 0.25) is 0 Å². The van der Waals surface area contributed by atoms with E-state index in [1.807, 2.05) is 52.0 Å². The Kier molecular flexibility index (Phi) is 7.59. The summed E-state index contributed by atoms with van der Waals surface area (Å²) in [5.74, 6) is 1.82. The topological polar surface area (TPSA) is 55.8 Å². The molecule has 0 saturated carbocycles. The van der Waals surface area contributed by atoms with Crippen molar-refractivity contribution < 1.29 is 18.5 Å². The number of phosphoric acid groups is 1. The highest BCUT2D eigenvalue weighted by Crippen LogP contribution is 2.48. The van der Waals surface area contributed by atoms with E-state index in [1.54, 1.807) is 12.1 Å².